The van der Waals surface area contributed by atoms with E-state index in [0.717, 1.165) is 6.42 Å². The Bertz CT molecular complexity index is 913. The molecule has 0 nitrogen and oxygen atoms in total. The van der Waals surface area contributed by atoms with Crippen LogP contribution in [-0.2, 0) is 6.42 Å². The Kier molecular flexibility index (Phi) is 6.82. The van der Waals surface area contributed by atoms with Crippen molar-refractivity contribution >= 4 is 36.2 Å². The molecule has 0 N–H and O–H groups in total. The predicted octanol–water partition coefficient (Wildman–Crippen LogP) is 5.46. The normalized spacial score (nSPS) is 10.4. The highest BCUT2D eigenvalue weighted by Gasteiger charge is 2.19. The van der Waals surface area contributed by atoms with Gasteiger partial charge in [0.15, 0.2) is 0 Å². The van der Waals surface area contributed by atoms with Crippen molar-refractivity contribution in [1.29, 1.82) is 0 Å². The van der Waals surface area contributed by atoms with Gasteiger partial charge in [0.1, 0.15) is 0 Å². The first-order chi connectivity index (χ1) is 12.9. The van der Waals surface area contributed by atoms with Crippen LogP contribution < -0.4 is 15.9 Å². The largest absolute Gasteiger partial charge is 0.147 e. The lowest BCUT2D eigenvalue weighted by Gasteiger charge is -2.22. The van der Waals surface area contributed by atoms with Crippen LogP contribution in [0.2, 0.25) is 0 Å². The van der Waals surface area contributed by atoms with Crippen molar-refractivity contribution in [3.63, 3.8) is 0 Å². The van der Waals surface area contributed by atoms with Crippen LogP contribution in [0.1, 0.15) is 11.1 Å². The average Bonchev–Trinajstić information content (AvgIpc) is 2.72. The van der Waals surface area contributed by atoms with Crippen LogP contribution in [0.15, 0.2) is 115 Å². The SMILES string of the molecule is Cl.c1ccc(Cc2ccccc2P(c2ccccc2)c2ccccc2)cc1. The molecule has 0 fully saturated rings. The van der Waals surface area contributed by atoms with Crippen molar-refractivity contribution in [1.82, 2.24) is 0 Å². The number of halogens is 1. The fourth-order valence-corrected chi connectivity index (χ4v) is 5.75. The van der Waals surface area contributed by atoms with Gasteiger partial charge in [0.2, 0.25) is 0 Å². The monoisotopic (exact) mass is 388 g/mol. The van der Waals surface area contributed by atoms with Gasteiger partial charge in [-0.05, 0) is 41.4 Å². The molecule has 0 saturated heterocycles. The molecule has 0 bridgehead atoms. The third-order valence-electron chi connectivity index (χ3n) is 4.50. The molecule has 4 rings (SSSR count). The minimum Gasteiger partial charge on any atom is -0.147 e. The molecular weight excluding hydrogens is 367 g/mol. The molecule has 27 heavy (non-hydrogen) atoms. The highest BCUT2D eigenvalue weighted by Crippen LogP contribution is 2.34. The van der Waals surface area contributed by atoms with Gasteiger partial charge in [0.25, 0.3) is 0 Å². The van der Waals surface area contributed by atoms with E-state index in [1.165, 1.54) is 27.0 Å². The maximum absolute atomic E-state index is 2.31. The maximum atomic E-state index is 2.31. The second kappa shape index (κ2) is 9.51. The van der Waals surface area contributed by atoms with E-state index >= 15 is 0 Å². The van der Waals surface area contributed by atoms with E-state index in [-0.39, 0.29) is 12.4 Å². The van der Waals surface area contributed by atoms with E-state index in [1.54, 1.807) is 0 Å². The van der Waals surface area contributed by atoms with E-state index in [4.69, 9.17) is 0 Å². The summed E-state index contributed by atoms with van der Waals surface area (Å²) in [5.41, 5.74) is 2.77. The van der Waals surface area contributed by atoms with Crippen molar-refractivity contribution in [3.05, 3.63) is 126 Å². The molecule has 2 heteroatoms. The summed E-state index contributed by atoms with van der Waals surface area (Å²) in [5.74, 6) is 0. The summed E-state index contributed by atoms with van der Waals surface area (Å²) in [4.78, 5) is 0. The third-order valence-corrected chi connectivity index (χ3v) is 7.05. The second-order valence-electron chi connectivity index (χ2n) is 6.30. The zero-order chi connectivity index (χ0) is 17.6. The standard InChI is InChI=1S/C25H21P.ClH/c1-4-12-21(13-5-1)20-22-14-10-11-19-25(22)26(23-15-6-2-7-16-23)24-17-8-3-9-18-24;/h1-19H,20H2;1H. The van der Waals surface area contributed by atoms with Gasteiger partial charge in [-0.3, -0.25) is 0 Å². The molecule has 0 aliphatic rings. The molecule has 0 aliphatic carbocycles. The summed E-state index contributed by atoms with van der Waals surface area (Å²) in [6, 6.07) is 41.5. The maximum Gasteiger partial charge on any atom is -0.00192 e. The molecule has 4 aromatic rings. The summed E-state index contributed by atoms with van der Waals surface area (Å²) in [6.07, 6.45) is 0.968. The van der Waals surface area contributed by atoms with Crippen LogP contribution in [0.5, 0.6) is 0 Å². The predicted molar refractivity (Wildman–Crippen MR) is 122 cm³/mol. The molecule has 0 aliphatic heterocycles. The summed E-state index contributed by atoms with van der Waals surface area (Å²) in [7, 11) is -0.563. The van der Waals surface area contributed by atoms with Crippen LogP contribution >= 0.6 is 20.3 Å². The van der Waals surface area contributed by atoms with Crippen LogP contribution in [0.25, 0.3) is 0 Å². The second-order valence-corrected chi connectivity index (χ2v) is 8.48. The summed E-state index contributed by atoms with van der Waals surface area (Å²) >= 11 is 0. The summed E-state index contributed by atoms with van der Waals surface area (Å²) in [6.45, 7) is 0. The van der Waals surface area contributed by atoms with Gasteiger partial charge in [0, 0.05) is 0 Å². The smallest absolute Gasteiger partial charge is 0.00192 e. The molecule has 0 spiro atoms. The average molecular weight is 389 g/mol. The molecule has 134 valence electrons. The van der Waals surface area contributed by atoms with Crippen LogP contribution in [0.3, 0.4) is 0 Å². The van der Waals surface area contributed by atoms with Gasteiger partial charge < -0.3 is 0 Å². The lowest BCUT2D eigenvalue weighted by Crippen LogP contribution is -2.23. The van der Waals surface area contributed by atoms with Crippen LogP contribution in [0.4, 0.5) is 0 Å². The first-order valence-electron chi connectivity index (χ1n) is 8.94. The van der Waals surface area contributed by atoms with E-state index in [0.29, 0.717) is 0 Å². The quantitative estimate of drug-likeness (QED) is 0.398. The van der Waals surface area contributed by atoms with Crippen molar-refractivity contribution in [2.75, 3.05) is 0 Å². The van der Waals surface area contributed by atoms with Gasteiger partial charge in [-0.25, -0.2) is 0 Å². The minimum absolute atomic E-state index is 0. The summed E-state index contributed by atoms with van der Waals surface area (Å²) in [5, 5.41) is 4.24. The molecule has 0 heterocycles. The van der Waals surface area contributed by atoms with Gasteiger partial charge >= 0.3 is 0 Å². The lowest BCUT2D eigenvalue weighted by molar-refractivity contribution is 1.21. The Morgan fingerprint density at radius 1 is 0.481 bits per heavy atom. The number of benzene rings is 4. The fourth-order valence-electron chi connectivity index (χ4n) is 3.28. The van der Waals surface area contributed by atoms with E-state index < -0.39 is 7.92 Å². The zero-order valence-corrected chi connectivity index (χ0v) is 16.7. The molecule has 4 aromatic carbocycles. The highest BCUT2D eigenvalue weighted by molar-refractivity contribution is 7.79. The Balaban J connectivity index is 0.00000210. The third kappa shape index (κ3) is 4.66. The Hall–Kier alpha value is -2.40. The first-order valence-corrected chi connectivity index (χ1v) is 10.3. The topological polar surface area (TPSA) is 0 Å². The summed E-state index contributed by atoms with van der Waals surface area (Å²) < 4.78 is 0. The molecule has 0 radical (unpaired) electrons. The molecule has 0 saturated carbocycles. The molecule has 0 amide bonds. The van der Waals surface area contributed by atoms with Gasteiger partial charge in [-0.1, -0.05) is 115 Å². The van der Waals surface area contributed by atoms with E-state index in [2.05, 4.69) is 115 Å². The van der Waals surface area contributed by atoms with E-state index in [1.807, 2.05) is 0 Å². The first kappa shape index (κ1) is 19.4. The van der Waals surface area contributed by atoms with Gasteiger partial charge in [-0.2, -0.15) is 0 Å². The Morgan fingerprint density at radius 2 is 0.926 bits per heavy atom. The van der Waals surface area contributed by atoms with Crippen molar-refractivity contribution in [2.45, 2.75) is 6.42 Å². The van der Waals surface area contributed by atoms with Crippen LogP contribution in [-0.4, -0.2) is 0 Å². The van der Waals surface area contributed by atoms with Crippen LogP contribution in [0, 0.1) is 0 Å². The zero-order valence-electron chi connectivity index (χ0n) is 15.0. The minimum atomic E-state index is -0.563. The van der Waals surface area contributed by atoms with Crippen molar-refractivity contribution in [3.8, 4) is 0 Å². The molecule has 0 unspecified atom stereocenters. The molecule has 0 aromatic heterocycles. The van der Waals surface area contributed by atoms with Crippen molar-refractivity contribution in [2.24, 2.45) is 0 Å². The lowest BCUT2D eigenvalue weighted by atomic mass is 10.1. The number of rotatable bonds is 5. The van der Waals surface area contributed by atoms with E-state index in [9.17, 15) is 0 Å². The van der Waals surface area contributed by atoms with Crippen molar-refractivity contribution < 1.29 is 0 Å². The Labute approximate surface area is 169 Å². The molecular formula is C25H22ClP. The number of hydrogen-bond acceptors (Lipinski definition) is 0. The molecule has 0 atom stereocenters. The number of hydrogen-bond donors (Lipinski definition) is 0. The van der Waals surface area contributed by atoms with Gasteiger partial charge in [0.05, 0.1) is 0 Å². The fraction of sp³-hybridized carbons (Fsp3) is 0.0400. The van der Waals surface area contributed by atoms with Gasteiger partial charge in [-0.15, -0.1) is 12.4 Å². The highest BCUT2D eigenvalue weighted by atomic mass is 35.5. The Morgan fingerprint density at radius 3 is 1.48 bits per heavy atom.